The predicted molar refractivity (Wildman–Crippen MR) is 61.2 cm³/mol. The van der Waals surface area contributed by atoms with Crippen LogP contribution in [0.2, 0.25) is 0 Å². The lowest BCUT2D eigenvalue weighted by Crippen LogP contribution is -2.13. The molecule has 9 heteroatoms. The smallest absolute Gasteiger partial charge is 0.460 e. The number of rotatable bonds is 5. The SMILES string of the molecule is C=CC(=O)OCC(C)O.C=CC(=O)OP(=O)(O)O. The highest BCUT2D eigenvalue weighted by Gasteiger charge is 2.17. The highest BCUT2D eigenvalue weighted by molar-refractivity contribution is 7.46. The number of ether oxygens (including phenoxy) is 1. The number of aliphatic hydroxyl groups is 1. The van der Waals surface area contributed by atoms with Crippen molar-refractivity contribution < 1.29 is 38.3 Å². The minimum Gasteiger partial charge on any atom is -0.460 e. The third kappa shape index (κ3) is 16.9. The average molecular weight is 282 g/mol. The molecule has 1 atom stereocenters. The van der Waals surface area contributed by atoms with E-state index in [9.17, 15) is 14.2 Å². The normalized spacial score (nSPS) is 11.3. The Labute approximate surface area is 104 Å². The first-order valence-corrected chi connectivity index (χ1v) is 6.04. The van der Waals surface area contributed by atoms with E-state index in [-0.39, 0.29) is 6.61 Å². The minimum absolute atomic E-state index is 0.0326. The van der Waals surface area contributed by atoms with E-state index in [0.29, 0.717) is 6.08 Å². The van der Waals surface area contributed by atoms with Gasteiger partial charge in [0, 0.05) is 12.2 Å². The summed E-state index contributed by atoms with van der Waals surface area (Å²) in [6.07, 6.45) is 1.12. The summed E-state index contributed by atoms with van der Waals surface area (Å²) >= 11 is 0. The van der Waals surface area contributed by atoms with Crippen LogP contribution in [0.3, 0.4) is 0 Å². The second-order valence-electron chi connectivity index (χ2n) is 2.79. The van der Waals surface area contributed by atoms with Crippen LogP contribution in [0.25, 0.3) is 0 Å². The van der Waals surface area contributed by atoms with Crippen molar-refractivity contribution in [2.24, 2.45) is 0 Å². The molecular formula is C9H15O8P. The van der Waals surface area contributed by atoms with Crippen LogP contribution in [0.4, 0.5) is 0 Å². The molecule has 0 fully saturated rings. The molecule has 1 unspecified atom stereocenters. The monoisotopic (exact) mass is 282 g/mol. The highest BCUT2D eigenvalue weighted by atomic mass is 31.2. The van der Waals surface area contributed by atoms with E-state index in [1.54, 1.807) is 0 Å². The van der Waals surface area contributed by atoms with E-state index in [4.69, 9.17) is 14.9 Å². The highest BCUT2D eigenvalue weighted by Crippen LogP contribution is 2.35. The Hall–Kier alpha value is -1.47. The number of phosphoric acid groups is 1. The molecule has 3 N–H and O–H groups in total. The zero-order valence-corrected chi connectivity index (χ0v) is 10.6. The van der Waals surface area contributed by atoms with Crippen molar-refractivity contribution in [3.8, 4) is 0 Å². The fourth-order valence-corrected chi connectivity index (χ4v) is 0.725. The number of hydrogen-bond donors (Lipinski definition) is 3. The van der Waals surface area contributed by atoms with Gasteiger partial charge in [-0.15, -0.1) is 0 Å². The lowest BCUT2D eigenvalue weighted by Gasteiger charge is -2.02. The average Bonchev–Trinajstić information content (AvgIpc) is 2.24. The molecule has 0 spiro atoms. The minimum atomic E-state index is -4.66. The van der Waals surface area contributed by atoms with Gasteiger partial charge in [-0.05, 0) is 6.92 Å². The summed E-state index contributed by atoms with van der Waals surface area (Å²) in [5.74, 6) is -1.64. The molecule has 104 valence electrons. The van der Waals surface area contributed by atoms with Gasteiger partial charge in [0.1, 0.15) is 6.61 Å². The van der Waals surface area contributed by atoms with Crippen molar-refractivity contribution in [1.29, 1.82) is 0 Å². The first-order chi connectivity index (χ1) is 8.12. The van der Waals surface area contributed by atoms with Gasteiger partial charge in [-0.3, -0.25) is 9.79 Å². The predicted octanol–water partition coefficient (Wildman–Crippen LogP) is -0.0953. The van der Waals surface area contributed by atoms with E-state index in [2.05, 4.69) is 22.4 Å². The molecule has 0 aromatic heterocycles. The van der Waals surface area contributed by atoms with Gasteiger partial charge in [0.15, 0.2) is 0 Å². The summed E-state index contributed by atoms with van der Waals surface area (Å²) in [6, 6.07) is 0. The van der Waals surface area contributed by atoms with Crippen LogP contribution in [0.5, 0.6) is 0 Å². The van der Waals surface area contributed by atoms with E-state index in [0.717, 1.165) is 6.08 Å². The second kappa shape index (κ2) is 9.55. The molecule has 0 aliphatic heterocycles. The molecule has 0 aliphatic carbocycles. The first-order valence-electron chi connectivity index (χ1n) is 4.51. The van der Waals surface area contributed by atoms with Crippen molar-refractivity contribution in [3.05, 3.63) is 25.3 Å². The summed E-state index contributed by atoms with van der Waals surface area (Å²) in [4.78, 5) is 36.1. The number of esters is 1. The van der Waals surface area contributed by atoms with E-state index >= 15 is 0 Å². The van der Waals surface area contributed by atoms with E-state index in [1.807, 2.05) is 0 Å². The Balaban J connectivity index is 0. The largest absolute Gasteiger partial charge is 0.527 e. The third-order valence-electron chi connectivity index (χ3n) is 1.01. The maximum atomic E-state index is 10.3. The molecule has 0 heterocycles. The van der Waals surface area contributed by atoms with Crippen LogP contribution in [0.15, 0.2) is 25.3 Å². The molecule has 0 saturated heterocycles. The van der Waals surface area contributed by atoms with Gasteiger partial charge in [-0.1, -0.05) is 13.2 Å². The number of carbonyl (C=O) groups excluding carboxylic acids is 2. The standard InChI is InChI=1S/C6H10O3.C3H5O5P/c1-3-6(8)9-4-5(2)7;1-2-3(4)8-9(5,6)7/h3,5,7H,1,4H2,2H3;2H,1H2,(H2,5,6,7). The molecule has 18 heavy (non-hydrogen) atoms. The summed E-state index contributed by atoms with van der Waals surface area (Å²) in [5.41, 5.74) is 0. The van der Waals surface area contributed by atoms with Gasteiger partial charge >= 0.3 is 19.8 Å². The molecule has 0 rings (SSSR count). The van der Waals surface area contributed by atoms with Crippen molar-refractivity contribution >= 4 is 19.8 Å². The van der Waals surface area contributed by atoms with Crippen LogP contribution >= 0.6 is 7.82 Å². The number of hydrogen-bond acceptors (Lipinski definition) is 6. The van der Waals surface area contributed by atoms with Gasteiger partial charge < -0.3 is 14.4 Å². The van der Waals surface area contributed by atoms with Gasteiger partial charge in [0.05, 0.1) is 6.10 Å². The maximum absolute atomic E-state index is 10.3. The Morgan fingerprint density at radius 3 is 1.94 bits per heavy atom. The molecule has 0 aromatic carbocycles. The zero-order valence-electron chi connectivity index (χ0n) is 9.68. The molecule has 0 amide bonds. The van der Waals surface area contributed by atoms with Gasteiger partial charge in [0.2, 0.25) is 0 Å². The Bertz CT molecular complexity index is 342. The Morgan fingerprint density at radius 1 is 1.28 bits per heavy atom. The van der Waals surface area contributed by atoms with E-state index < -0.39 is 25.9 Å². The van der Waals surface area contributed by atoms with Crippen molar-refractivity contribution in [1.82, 2.24) is 0 Å². The number of carbonyl (C=O) groups is 2. The topological polar surface area (TPSA) is 130 Å². The summed E-state index contributed by atoms with van der Waals surface area (Å²) < 4.78 is 17.7. The van der Waals surface area contributed by atoms with Crippen LogP contribution in [0, 0.1) is 0 Å². The maximum Gasteiger partial charge on any atom is 0.527 e. The quantitative estimate of drug-likeness (QED) is 0.362. The molecule has 0 radical (unpaired) electrons. The first kappa shape index (κ1) is 18.9. The Kier molecular flexibility index (Phi) is 10.0. The summed E-state index contributed by atoms with van der Waals surface area (Å²) in [6.45, 7) is 7.68. The third-order valence-corrected chi connectivity index (χ3v) is 1.43. The molecule has 8 nitrogen and oxygen atoms in total. The number of phosphoric ester groups is 1. The molecule has 0 aromatic rings. The van der Waals surface area contributed by atoms with Crippen molar-refractivity contribution in [2.45, 2.75) is 13.0 Å². The second-order valence-corrected chi connectivity index (χ2v) is 3.95. The van der Waals surface area contributed by atoms with Crippen LogP contribution in [-0.4, -0.2) is 39.5 Å². The number of aliphatic hydroxyl groups excluding tert-OH is 1. The lowest BCUT2D eigenvalue weighted by molar-refractivity contribution is -0.140. The fraction of sp³-hybridized carbons (Fsp3) is 0.333. The van der Waals surface area contributed by atoms with Crippen LogP contribution in [0.1, 0.15) is 6.92 Å². The van der Waals surface area contributed by atoms with Crippen LogP contribution < -0.4 is 0 Å². The lowest BCUT2D eigenvalue weighted by atomic mass is 10.4. The zero-order chi connectivity index (χ0) is 14.8. The Morgan fingerprint density at radius 2 is 1.72 bits per heavy atom. The van der Waals surface area contributed by atoms with Gasteiger partial charge in [0.25, 0.3) is 0 Å². The van der Waals surface area contributed by atoms with Crippen molar-refractivity contribution in [3.63, 3.8) is 0 Å². The van der Waals surface area contributed by atoms with Gasteiger partial charge in [-0.2, -0.15) is 0 Å². The molecule has 0 aliphatic rings. The summed E-state index contributed by atoms with van der Waals surface area (Å²) in [5, 5.41) is 8.59. The van der Waals surface area contributed by atoms with Crippen molar-refractivity contribution in [2.75, 3.05) is 6.61 Å². The van der Waals surface area contributed by atoms with Crippen LogP contribution in [-0.2, 0) is 23.4 Å². The molecule has 0 saturated carbocycles. The van der Waals surface area contributed by atoms with Gasteiger partial charge in [-0.25, -0.2) is 14.2 Å². The fourth-order valence-electron chi connectivity index (χ4n) is 0.416. The summed E-state index contributed by atoms with van der Waals surface area (Å²) in [7, 11) is -4.66. The molecule has 0 bridgehead atoms. The molecular weight excluding hydrogens is 267 g/mol. The van der Waals surface area contributed by atoms with E-state index in [1.165, 1.54) is 6.92 Å².